The van der Waals surface area contributed by atoms with Crippen LogP contribution in [0.15, 0.2) is 48.7 Å². The minimum atomic E-state index is 0.190. The summed E-state index contributed by atoms with van der Waals surface area (Å²) in [6.07, 6.45) is 6.22. The third-order valence-electron chi connectivity index (χ3n) is 4.12. The predicted octanol–water partition coefficient (Wildman–Crippen LogP) is 3.56. The van der Waals surface area contributed by atoms with Crippen LogP contribution >= 0.6 is 0 Å². The highest BCUT2D eigenvalue weighted by atomic mass is 16.1. The fourth-order valence-electron chi connectivity index (χ4n) is 2.95. The lowest BCUT2D eigenvalue weighted by atomic mass is 10.0. The maximum absolute atomic E-state index is 12.1. The van der Waals surface area contributed by atoms with Crippen LogP contribution in [0.5, 0.6) is 0 Å². The smallest absolute Gasteiger partial charge is 0.223 e. The van der Waals surface area contributed by atoms with Crippen LogP contribution in [-0.4, -0.2) is 10.9 Å². The van der Waals surface area contributed by atoms with E-state index in [0.717, 1.165) is 29.7 Å². The maximum Gasteiger partial charge on any atom is 0.223 e. The van der Waals surface area contributed by atoms with E-state index < -0.39 is 0 Å². The average molecular weight is 280 g/mol. The third kappa shape index (κ3) is 3.30. The lowest BCUT2D eigenvalue weighted by molar-refractivity contribution is -0.124. The summed E-state index contributed by atoms with van der Waals surface area (Å²) >= 11 is 0. The number of nitrogens with zero attached hydrogens (tertiary/aromatic N) is 1. The standard InChI is InChI=1S/C18H20N2O/c21-18(15-9-4-5-10-15)20-13-16-11-6-12-19-17(16)14-7-2-1-3-8-14/h1-3,6-8,11-12,15H,4-5,9-10,13H2,(H,20,21). The molecule has 0 atom stereocenters. The molecule has 0 unspecified atom stereocenters. The number of amides is 1. The summed E-state index contributed by atoms with van der Waals surface area (Å²) < 4.78 is 0. The highest BCUT2D eigenvalue weighted by molar-refractivity contribution is 5.79. The molecule has 1 aliphatic rings. The molecule has 1 aromatic carbocycles. The van der Waals surface area contributed by atoms with Crippen molar-refractivity contribution in [3.63, 3.8) is 0 Å². The van der Waals surface area contributed by atoms with E-state index in [2.05, 4.69) is 10.3 Å². The molecule has 0 aliphatic heterocycles. The normalized spacial score (nSPS) is 15.0. The third-order valence-corrected chi connectivity index (χ3v) is 4.12. The number of aromatic nitrogens is 1. The van der Waals surface area contributed by atoms with Crippen LogP contribution in [0.3, 0.4) is 0 Å². The number of benzene rings is 1. The first-order chi connectivity index (χ1) is 10.3. The van der Waals surface area contributed by atoms with Gasteiger partial charge >= 0.3 is 0 Å². The Morgan fingerprint density at radius 2 is 1.86 bits per heavy atom. The molecule has 1 saturated carbocycles. The number of carbonyl (C=O) groups is 1. The van der Waals surface area contributed by atoms with Crippen molar-refractivity contribution in [1.29, 1.82) is 0 Å². The molecular formula is C18H20N2O. The molecule has 108 valence electrons. The Morgan fingerprint density at radius 3 is 2.62 bits per heavy atom. The van der Waals surface area contributed by atoms with Crippen LogP contribution < -0.4 is 5.32 Å². The van der Waals surface area contributed by atoms with Crippen LogP contribution in [0.4, 0.5) is 0 Å². The summed E-state index contributed by atoms with van der Waals surface area (Å²) in [6, 6.07) is 14.0. The molecule has 0 radical (unpaired) electrons. The van der Waals surface area contributed by atoms with Crippen LogP contribution in [0, 0.1) is 5.92 Å². The van der Waals surface area contributed by atoms with Crippen molar-refractivity contribution in [2.45, 2.75) is 32.2 Å². The summed E-state index contributed by atoms with van der Waals surface area (Å²) in [5.74, 6) is 0.400. The van der Waals surface area contributed by atoms with Gasteiger partial charge in [-0.1, -0.05) is 49.2 Å². The van der Waals surface area contributed by atoms with Crippen LogP contribution in [0.25, 0.3) is 11.3 Å². The Balaban J connectivity index is 1.72. The van der Waals surface area contributed by atoms with Gasteiger partial charge in [-0.3, -0.25) is 9.78 Å². The fourth-order valence-corrected chi connectivity index (χ4v) is 2.95. The second-order valence-corrected chi connectivity index (χ2v) is 5.58. The molecule has 1 amide bonds. The molecule has 3 heteroatoms. The zero-order chi connectivity index (χ0) is 14.5. The molecule has 1 heterocycles. The first-order valence-corrected chi connectivity index (χ1v) is 7.61. The van der Waals surface area contributed by atoms with Gasteiger partial charge in [-0.15, -0.1) is 0 Å². The van der Waals surface area contributed by atoms with E-state index in [9.17, 15) is 4.79 Å². The van der Waals surface area contributed by atoms with Crippen molar-refractivity contribution in [2.24, 2.45) is 5.92 Å². The van der Waals surface area contributed by atoms with Crippen molar-refractivity contribution >= 4 is 5.91 Å². The summed E-state index contributed by atoms with van der Waals surface area (Å²) in [5.41, 5.74) is 3.10. The maximum atomic E-state index is 12.1. The van der Waals surface area contributed by atoms with E-state index in [1.54, 1.807) is 6.20 Å². The number of rotatable bonds is 4. The van der Waals surface area contributed by atoms with Crippen molar-refractivity contribution in [3.05, 3.63) is 54.2 Å². The Hall–Kier alpha value is -2.16. The molecule has 3 rings (SSSR count). The molecule has 0 bridgehead atoms. The second-order valence-electron chi connectivity index (χ2n) is 5.58. The first-order valence-electron chi connectivity index (χ1n) is 7.61. The minimum absolute atomic E-state index is 0.190. The quantitative estimate of drug-likeness (QED) is 0.930. The number of hydrogen-bond acceptors (Lipinski definition) is 2. The van der Waals surface area contributed by atoms with Gasteiger partial charge in [0.1, 0.15) is 0 Å². The summed E-state index contributed by atoms with van der Waals surface area (Å²) in [6.45, 7) is 0.549. The molecule has 1 aliphatic carbocycles. The Bertz CT molecular complexity index is 604. The van der Waals surface area contributed by atoms with Gasteiger partial charge in [-0.05, 0) is 24.5 Å². The first kappa shape index (κ1) is 13.8. The molecule has 0 spiro atoms. The Labute approximate surface area is 125 Å². The topological polar surface area (TPSA) is 42.0 Å². The number of carbonyl (C=O) groups excluding carboxylic acids is 1. The Kier molecular flexibility index (Phi) is 4.29. The average Bonchev–Trinajstić information content (AvgIpc) is 3.08. The lowest BCUT2D eigenvalue weighted by Gasteiger charge is -2.12. The van der Waals surface area contributed by atoms with Gasteiger partial charge in [0.15, 0.2) is 0 Å². The lowest BCUT2D eigenvalue weighted by Crippen LogP contribution is -2.29. The zero-order valence-corrected chi connectivity index (χ0v) is 12.1. The summed E-state index contributed by atoms with van der Waals surface area (Å²) in [5, 5.41) is 3.07. The van der Waals surface area contributed by atoms with E-state index in [-0.39, 0.29) is 11.8 Å². The van der Waals surface area contributed by atoms with Crippen LogP contribution in [-0.2, 0) is 11.3 Å². The molecule has 0 saturated heterocycles. The molecule has 21 heavy (non-hydrogen) atoms. The summed E-state index contributed by atoms with van der Waals surface area (Å²) in [4.78, 5) is 16.6. The van der Waals surface area contributed by atoms with Gasteiger partial charge in [0.2, 0.25) is 5.91 Å². The Morgan fingerprint density at radius 1 is 1.10 bits per heavy atom. The van der Waals surface area contributed by atoms with Crippen molar-refractivity contribution in [1.82, 2.24) is 10.3 Å². The number of hydrogen-bond donors (Lipinski definition) is 1. The van der Waals surface area contributed by atoms with E-state index >= 15 is 0 Å². The van der Waals surface area contributed by atoms with Gasteiger partial charge < -0.3 is 5.32 Å². The highest BCUT2D eigenvalue weighted by Gasteiger charge is 2.22. The molecule has 3 nitrogen and oxygen atoms in total. The van der Waals surface area contributed by atoms with E-state index in [0.29, 0.717) is 6.54 Å². The van der Waals surface area contributed by atoms with E-state index in [1.807, 2.05) is 42.5 Å². The number of pyridine rings is 1. The molecule has 1 fully saturated rings. The van der Waals surface area contributed by atoms with E-state index in [1.165, 1.54) is 12.8 Å². The summed E-state index contributed by atoms with van der Waals surface area (Å²) in [7, 11) is 0. The predicted molar refractivity (Wildman–Crippen MR) is 83.5 cm³/mol. The largest absolute Gasteiger partial charge is 0.352 e. The number of nitrogens with one attached hydrogen (secondary N) is 1. The van der Waals surface area contributed by atoms with E-state index in [4.69, 9.17) is 0 Å². The molecular weight excluding hydrogens is 260 g/mol. The fraction of sp³-hybridized carbons (Fsp3) is 0.333. The van der Waals surface area contributed by atoms with Gasteiger partial charge in [0, 0.05) is 24.2 Å². The minimum Gasteiger partial charge on any atom is -0.352 e. The molecule has 1 aromatic heterocycles. The van der Waals surface area contributed by atoms with Crippen LogP contribution in [0.1, 0.15) is 31.2 Å². The van der Waals surface area contributed by atoms with Crippen LogP contribution in [0.2, 0.25) is 0 Å². The van der Waals surface area contributed by atoms with Crippen molar-refractivity contribution in [3.8, 4) is 11.3 Å². The SMILES string of the molecule is O=C(NCc1cccnc1-c1ccccc1)C1CCCC1. The van der Waals surface area contributed by atoms with Gasteiger partial charge in [0.05, 0.1) is 5.69 Å². The van der Waals surface area contributed by atoms with Crippen molar-refractivity contribution < 1.29 is 4.79 Å². The highest BCUT2D eigenvalue weighted by Crippen LogP contribution is 2.25. The molecule has 2 aromatic rings. The van der Waals surface area contributed by atoms with Gasteiger partial charge in [-0.2, -0.15) is 0 Å². The second kappa shape index (κ2) is 6.53. The molecule has 1 N–H and O–H groups in total. The monoisotopic (exact) mass is 280 g/mol. The zero-order valence-electron chi connectivity index (χ0n) is 12.1. The van der Waals surface area contributed by atoms with Gasteiger partial charge in [-0.25, -0.2) is 0 Å². The van der Waals surface area contributed by atoms with Crippen molar-refractivity contribution in [2.75, 3.05) is 0 Å². The van der Waals surface area contributed by atoms with Gasteiger partial charge in [0.25, 0.3) is 0 Å².